The van der Waals surface area contributed by atoms with Gasteiger partial charge in [0.15, 0.2) is 0 Å². The second-order valence-corrected chi connectivity index (χ2v) is 3.38. The number of non-ortho nitro benzene ring substituents is 2. The minimum absolute atomic E-state index is 0.0330. The highest BCUT2D eigenvalue weighted by Gasteiger charge is 2.23. The molecule has 0 fully saturated rings. The molecule has 1 aromatic carbocycles. The van der Waals surface area contributed by atoms with E-state index in [1.165, 1.54) is 11.7 Å². The maximum Gasteiger partial charge on any atom is 0.302 e. The van der Waals surface area contributed by atoms with E-state index >= 15 is 0 Å². The van der Waals surface area contributed by atoms with Gasteiger partial charge in [-0.25, -0.2) is 0 Å². The molecule has 0 saturated carbocycles. The number of fused-ring (bicyclic) bond motifs is 1. The van der Waals surface area contributed by atoms with Gasteiger partial charge in [-0.15, -0.1) is 0 Å². The van der Waals surface area contributed by atoms with Crippen molar-refractivity contribution in [2.24, 2.45) is 7.05 Å². The number of rotatable bonds is 2. The lowest BCUT2D eigenvalue weighted by molar-refractivity contribution is -0.393. The van der Waals surface area contributed by atoms with Crippen LogP contribution >= 0.6 is 0 Å². The highest BCUT2D eigenvalue weighted by molar-refractivity contribution is 5.89. The molecule has 0 radical (unpaired) electrons. The Morgan fingerprint density at radius 2 is 1.88 bits per heavy atom. The van der Waals surface area contributed by atoms with Crippen LogP contribution in [0.15, 0.2) is 16.9 Å². The summed E-state index contributed by atoms with van der Waals surface area (Å²) >= 11 is 0. The van der Waals surface area contributed by atoms with E-state index in [4.69, 9.17) is 0 Å². The molecule has 0 atom stereocenters. The van der Waals surface area contributed by atoms with E-state index in [9.17, 15) is 25.0 Å². The molecule has 0 aliphatic rings. The maximum atomic E-state index is 11.4. The van der Waals surface area contributed by atoms with Crippen LogP contribution in [0.4, 0.5) is 11.4 Å². The van der Waals surface area contributed by atoms with Crippen molar-refractivity contribution in [3.63, 3.8) is 0 Å². The second-order valence-electron chi connectivity index (χ2n) is 3.38. The van der Waals surface area contributed by atoms with Crippen molar-refractivity contribution in [1.29, 1.82) is 0 Å². The van der Waals surface area contributed by atoms with E-state index in [0.29, 0.717) is 0 Å². The van der Waals surface area contributed by atoms with Crippen molar-refractivity contribution < 1.29 is 9.85 Å². The number of aromatic amines is 1. The van der Waals surface area contributed by atoms with E-state index in [2.05, 4.69) is 5.10 Å². The summed E-state index contributed by atoms with van der Waals surface area (Å²) in [5.41, 5.74) is -1.53. The minimum Gasteiger partial charge on any atom is -0.281 e. The normalized spacial score (nSPS) is 10.6. The average molecular weight is 238 g/mol. The molecule has 0 unspecified atom stereocenters. The Balaban J connectivity index is 2.98. The first-order chi connectivity index (χ1) is 7.91. The van der Waals surface area contributed by atoms with Gasteiger partial charge >= 0.3 is 5.69 Å². The Hall–Kier alpha value is -2.71. The van der Waals surface area contributed by atoms with E-state index in [-0.39, 0.29) is 10.9 Å². The molecule has 17 heavy (non-hydrogen) atoms. The number of nitrogens with zero attached hydrogens (tertiary/aromatic N) is 3. The minimum atomic E-state index is -0.779. The predicted octanol–water partition coefficient (Wildman–Crippen LogP) is 0.683. The summed E-state index contributed by atoms with van der Waals surface area (Å²) in [6, 6.07) is 1.84. The number of H-pyrrole nitrogens is 1. The number of hydrogen-bond acceptors (Lipinski definition) is 5. The van der Waals surface area contributed by atoms with Crippen molar-refractivity contribution in [2.45, 2.75) is 0 Å². The first-order valence-electron chi connectivity index (χ1n) is 4.43. The van der Waals surface area contributed by atoms with Crippen LogP contribution in [0, 0.1) is 20.2 Å². The second kappa shape index (κ2) is 3.40. The Labute approximate surface area is 92.6 Å². The third kappa shape index (κ3) is 1.53. The number of nitro benzene ring substituents is 2. The Kier molecular flexibility index (Phi) is 2.16. The summed E-state index contributed by atoms with van der Waals surface area (Å²) in [5.74, 6) is 0. The van der Waals surface area contributed by atoms with E-state index in [1.54, 1.807) is 0 Å². The highest BCUT2D eigenvalue weighted by Crippen LogP contribution is 2.28. The third-order valence-corrected chi connectivity index (χ3v) is 2.33. The molecule has 1 N–H and O–H groups in total. The molecule has 88 valence electrons. The monoisotopic (exact) mass is 238 g/mol. The Bertz CT molecular complexity index is 698. The van der Waals surface area contributed by atoms with E-state index in [0.717, 1.165) is 12.1 Å². The van der Waals surface area contributed by atoms with Crippen molar-refractivity contribution in [1.82, 2.24) is 9.78 Å². The Morgan fingerprint density at radius 3 is 2.41 bits per heavy atom. The molecule has 0 aliphatic carbocycles. The van der Waals surface area contributed by atoms with Crippen molar-refractivity contribution in [3.05, 3.63) is 42.7 Å². The number of nitro groups is 2. The topological polar surface area (TPSA) is 124 Å². The van der Waals surface area contributed by atoms with Gasteiger partial charge in [-0.1, -0.05) is 0 Å². The zero-order valence-electron chi connectivity index (χ0n) is 8.54. The van der Waals surface area contributed by atoms with Crippen LogP contribution in [0.3, 0.4) is 0 Å². The summed E-state index contributed by atoms with van der Waals surface area (Å²) in [7, 11) is 1.42. The van der Waals surface area contributed by atoms with Crippen LogP contribution in [-0.2, 0) is 7.05 Å². The van der Waals surface area contributed by atoms with Gasteiger partial charge in [0.2, 0.25) is 0 Å². The number of aryl methyl sites for hydroxylation is 1. The van der Waals surface area contributed by atoms with Gasteiger partial charge in [0.25, 0.3) is 11.2 Å². The number of aromatic nitrogens is 2. The molecule has 9 nitrogen and oxygen atoms in total. The van der Waals surface area contributed by atoms with Crippen LogP contribution in [0.25, 0.3) is 10.9 Å². The largest absolute Gasteiger partial charge is 0.302 e. The molecule has 0 bridgehead atoms. The third-order valence-electron chi connectivity index (χ3n) is 2.33. The first kappa shape index (κ1) is 10.8. The maximum absolute atomic E-state index is 11.4. The van der Waals surface area contributed by atoms with Gasteiger partial charge in [-0.2, -0.15) is 0 Å². The number of nitrogens with one attached hydrogen (secondary N) is 1. The van der Waals surface area contributed by atoms with Gasteiger partial charge in [0, 0.05) is 13.1 Å². The molecule has 1 heterocycles. The van der Waals surface area contributed by atoms with Crippen LogP contribution in [-0.4, -0.2) is 19.6 Å². The molecular weight excluding hydrogens is 232 g/mol. The van der Waals surface area contributed by atoms with Crippen molar-refractivity contribution in [3.8, 4) is 0 Å². The lowest BCUT2D eigenvalue weighted by atomic mass is 10.2. The van der Waals surface area contributed by atoms with E-state index < -0.39 is 26.8 Å². The molecule has 0 saturated heterocycles. The zero-order chi connectivity index (χ0) is 12.7. The zero-order valence-corrected chi connectivity index (χ0v) is 8.54. The lowest BCUT2D eigenvalue weighted by Gasteiger charge is -1.97. The SMILES string of the molecule is Cn1[nH]c(=O)c2cc([N+](=O)[O-])cc([N+](=O)[O-])c21. The van der Waals surface area contributed by atoms with Crippen molar-refractivity contribution in [2.75, 3.05) is 0 Å². The number of hydrogen-bond donors (Lipinski definition) is 1. The lowest BCUT2D eigenvalue weighted by Crippen LogP contribution is -2.01. The molecular formula is C8H6N4O5. The fraction of sp³-hybridized carbons (Fsp3) is 0.125. The summed E-state index contributed by atoms with van der Waals surface area (Å²) in [4.78, 5) is 31.3. The smallest absolute Gasteiger partial charge is 0.281 e. The standard InChI is InChI=1S/C8H6N4O5/c1-10-7-5(8(13)9-10)2-4(11(14)15)3-6(7)12(16)17/h2-3H,1H3,(H,9,13). The summed E-state index contributed by atoms with van der Waals surface area (Å²) in [6.45, 7) is 0. The first-order valence-corrected chi connectivity index (χ1v) is 4.43. The Morgan fingerprint density at radius 1 is 1.24 bits per heavy atom. The van der Waals surface area contributed by atoms with Crippen LogP contribution in [0.1, 0.15) is 0 Å². The summed E-state index contributed by atoms with van der Waals surface area (Å²) in [5, 5.41) is 23.6. The van der Waals surface area contributed by atoms with E-state index in [1.807, 2.05) is 0 Å². The number of benzene rings is 1. The molecule has 9 heteroatoms. The molecule has 0 aliphatic heterocycles. The predicted molar refractivity (Wildman–Crippen MR) is 56.8 cm³/mol. The molecule has 0 spiro atoms. The molecule has 0 amide bonds. The van der Waals surface area contributed by atoms with Crippen LogP contribution in [0.5, 0.6) is 0 Å². The fourth-order valence-electron chi connectivity index (χ4n) is 1.64. The van der Waals surface area contributed by atoms with Crippen LogP contribution in [0.2, 0.25) is 0 Å². The highest BCUT2D eigenvalue weighted by atomic mass is 16.6. The molecule has 2 rings (SSSR count). The molecule has 2 aromatic rings. The fourth-order valence-corrected chi connectivity index (χ4v) is 1.64. The van der Waals surface area contributed by atoms with Gasteiger partial charge in [0.1, 0.15) is 5.52 Å². The quantitative estimate of drug-likeness (QED) is 0.608. The van der Waals surface area contributed by atoms with Gasteiger partial charge in [-0.05, 0) is 0 Å². The van der Waals surface area contributed by atoms with Crippen molar-refractivity contribution >= 4 is 22.3 Å². The van der Waals surface area contributed by atoms with Gasteiger partial charge in [-0.3, -0.25) is 34.8 Å². The van der Waals surface area contributed by atoms with Crippen LogP contribution < -0.4 is 5.56 Å². The molecule has 1 aromatic heterocycles. The van der Waals surface area contributed by atoms with Gasteiger partial charge < -0.3 is 0 Å². The van der Waals surface area contributed by atoms with Gasteiger partial charge in [0.05, 0.1) is 21.3 Å². The average Bonchev–Trinajstić information content (AvgIpc) is 2.53. The summed E-state index contributed by atoms with van der Waals surface area (Å²) in [6.07, 6.45) is 0. The summed E-state index contributed by atoms with van der Waals surface area (Å²) < 4.78 is 1.17.